The molecule has 0 saturated heterocycles. The largest absolute Gasteiger partial charge is 0.389 e. The molecule has 17 heavy (non-hydrogen) atoms. The molecule has 8 heteroatoms. The van der Waals surface area contributed by atoms with Gasteiger partial charge in [-0.3, -0.25) is 4.68 Å². The summed E-state index contributed by atoms with van der Waals surface area (Å²) in [5, 5.41) is 13.4. The molecule has 0 saturated carbocycles. The van der Waals surface area contributed by atoms with Crippen molar-refractivity contribution in [2.45, 2.75) is 24.3 Å². The summed E-state index contributed by atoms with van der Waals surface area (Å²) in [7, 11) is -0.740. The van der Waals surface area contributed by atoms with Crippen molar-refractivity contribution in [3.63, 3.8) is 0 Å². The van der Waals surface area contributed by atoms with Crippen LogP contribution in [0, 0.1) is 0 Å². The average Bonchev–Trinajstić information content (AvgIpc) is 2.42. The SMILES string of the molecule is CN(CC(C)(C)O)S(=O)(=O)c1cn(C)nc1N. The zero-order valence-corrected chi connectivity index (χ0v) is 11.2. The molecule has 98 valence electrons. The van der Waals surface area contributed by atoms with Crippen LogP contribution in [0.1, 0.15) is 13.8 Å². The number of aryl methyl sites for hydroxylation is 1. The van der Waals surface area contributed by atoms with E-state index >= 15 is 0 Å². The van der Waals surface area contributed by atoms with Crippen LogP contribution in [-0.2, 0) is 17.1 Å². The Labute approximate surface area is 101 Å². The molecule has 1 heterocycles. The lowest BCUT2D eigenvalue weighted by molar-refractivity contribution is 0.0640. The van der Waals surface area contributed by atoms with Crippen LogP contribution in [-0.4, -0.2) is 46.8 Å². The van der Waals surface area contributed by atoms with Crippen molar-refractivity contribution in [3.05, 3.63) is 6.20 Å². The van der Waals surface area contributed by atoms with Gasteiger partial charge in [-0.25, -0.2) is 8.42 Å². The van der Waals surface area contributed by atoms with Crippen molar-refractivity contribution in [1.82, 2.24) is 14.1 Å². The fourth-order valence-corrected chi connectivity index (χ4v) is 2.89. The minimum atomic E-state index is -3.72. The molecule has 0 bridgehead atoms. The van der Waals surface area contributed by atoms with Gasteiger partial charge in [-0.05, 0) is 13.8 Å². The van der Waals surface area contributed by atoms with Crippen LogP contribution in [0.5, 0.6) is 0 Å². The molecule has 0 spiro atoms. The monoisotopic (exact) mass is 262 g/mol. The number of anilines is 1. The maximum atomic E-state index is 12.1. The maximum Gasteiger partial charge on any atom is 0.248 e. The summed E-state index contributed by atoms with van der Waals surface area (Å²) in [6, 6.07) is 0. The Balaban J connectivity index is 3.08. The van der Waals surface area contributed by atoms with E-state index in [1.807, 2.05) is 0 Å². The summed E-state index contributed by atoms with van der Waals surface area (Å²) in [6.45, 7) is 3.04. The number of aliphatic hydroxyl groups is 1. The van der Waals surface area contributed by atoms with Crippen molar-refractivity contribution in [2.24, 2.45) is 7.05 Å². The summed E-state index contributed by atoms with van der Waals surface area (Å²) < 4.78 is 26.6. The highest BCUT2D eigenvalue weighted by Crippen LogP contribution is 2.21. The quantitative estimate of drug-likeness (QED) is 0.754. The van der Waals surface area contributed by atoms with Gasteiger partial charge in [0, 0.05) is 26.8 Å². The zero-order chi connectivity index (χ0) is 13.4. The van der Waals surface area contributed by atoms with Crippen LogP contribution < -0.4 is 5.73 Å². The lowest BCUT2D eigenvalue weighted by atomic mass is 10.1. The molecule has 1 rings (SSSR count). The smallest absolute Gasteiger partial charge is 0.248 e. The van der Waals surface area contributed by atoms with Gasteiger partial charge in [0.1, 0.15) is 4.90 Å². The van der Waals surface area contributed by atoms with E-state index in [1.54, 1.807) is 7.05 Å². The Hall–Kier alpha value is -1.12. The lowest BCUT2D eigenvalue weighted by Crippen LogP contribution is -2.39. The first-order valence-corrected chi connectivity index (χ1v) is 6.46. The third kappa shape index (κ3) is 3.18. The number of nitrogens with two attached hydrogens (primary N) is 1. The molecular weight excluding hydrogens is 244 g/mol. The number of sulfonamides is 1. The van der Waals surface area contributed by atoms with Crippen molar-refractivity contribution in [2.75, 3.05) is 19.3 Å². The minimum absolute atomic E-state index is 0.0241. The van der Waals surface area contributed by atoms with Crippen LogP contribution in [0.2, 0.25) is 0 Å². The number of hydrogen-bond donors (Lipinski definition) is 2. The zero-order valence-electron chi connectivity index (χ0n) is 10.4. The summed E-state index contributed by atoms with van der Waals surface area (Å²) in [5.41, 5.74) is 4.42. The highest BCUT2D eigenvalue weighted by atomic mass is 32.2. The van der Waals surface area contributed by atoms with E-state index in [4.69, 9.17) is 5.73 Å². The number of nitrogen functional groups attached to an aromatic ring is 1. The molecule has 1 aromatic heterocycles. The molecule has 0 amide bonds. The van der Waals surface area contributed by atoms with Crippen molar-refractivity contribution in [3.8, 4) is 0 Å². The summed E-state index contributed by atoms with van der Waals surface area (Å²) in [4.78, 5) is -0.0493. The van der Waals surface area contributed by atoms with Gasteiger partial charge in [-0.15, -0.1) is 0 Å². The number of hydrogen-bond acceptors (Lipinski definition) is 5. The fourth-order valence-electron chi connectivity index (χ4n) is 1.48. The third-order valence-corrected chi connectivity index (χ3v) is 3.94. The Morgan fingerprint density at radius 3 is 2.47 bits per heavy atom. The Morgan fingerprint density at radius 2 is 2.12 bits per heavy atom. The van der Waals surface area contributed by atoms with Gasteiger partial charge in [0.05, 0.1) is 5.60 Å². The molecule has 0 fully saturated rings. The summed E-state index contributed by atoms with van der Waals surface area (Å²) in [5.74, 6) is -0.0462. The van der Waals surface area contributed by atoms with Crippen molar-refractivity contribution >= 4 is 15.8 Å². The second kappa shape index (κ2) is 4.28. The molecule has 0 aliphatic rings. The summed E-state index contributed by atoms with van der Waals surface area (Å²) in [6.07, 6.45) is 1.34. The minimum Gasteiger partial charge on any atom is -0.389 e. The Bertz CT molecular complexity index is 501. The fraction of sp³-hybridized carbons (Fsp3) is 0.667. The normalized spacial score (nSPS) is 13.3. The number of nitrogens with zero attached hydrogens (tertiary/aromatic N) is 3. The molecule has 0 atom stereocenters. The second-order valence-electron chi connectivity index (χ2n) is 4.63. The highest BCUT2D eigenvalue weighted by Gasteiger charge is 2.29. The first-order chi connectivity index (χ1) is 7.54. The molecular formula is C9H18N4O3S. The predicted molar refractivity (Wildman–Crippen MR) is 63.7 cm³/mol. The van der Waals surface area contributed by atoms with Crippen LogP contribution in [0.25, 0.3) is 0 Å². The van der Waals surface area contributed by atoms with E-state index in [0.717, 1.165) is 4.31 Å². The first kappa shape index (κ1) is 13.9. The molecule has 0 aromatic carbocycles. The molecule has 3 N–H and O–H groups in total. The van der Waals surface area contributed by atoms with E-state index in [-0.39, 0.29) is 17.3 Å². The molecule has 0 unspecified atom stereocenters. The highest BCUT2D eigenvalue weighted by molar-refractivity contribution is 7.89. The van der Waals surface area contributed by atoms with Crippen LogP contribution >= 0.6 is 0 Å². The van der Waals surface area contributed by atoms with Gasteiger partial charge in [0.15, 0.2) is 5.82 Å². The molecule has 1 aromatic rings. The van der Waals surface area contributed by atoms with Crippen molar-refractivity contribution < 1.29 is 13.5 Å². The van der Waals surface area contributed by atoms with Gasteiger partial charge in [0.25, 0.3) is 0 Å². The number of rotatable bonds is 4. The van der Waals surface area contributed by atoms with Crippen LogP contribution in [0.3, 0.4) is 0 Å². The predicted octanol–water partition coefficient (Wildman–Crippen LogP) is -0.606. The number of likely N-dealkylation sites (N-methyl/N-ethyl adjacent to an activating group) is 1. The maximum absolute atomic E-state index is 12.1. The van der Waals surface area contributed by atoms with E-state index in [9.17, 15) is 13.5 Å². The van der Waals surface area contributed by atoms with E-state index in [2.05, 4.69) is 5.10 Å². The van der Waals surface area contributed by atoms with E-state index in [1.165, 1.54) is 31.8 Å². The van der Waals surface area contributed by atoms with E-state index in [0.29, 0.717) is 0 Å². The topological polar surface area (TPSA) is 101 Å². The lowest BCUT2D eigenvalue weighted by Gasteiger charge is -2.24. The third-order valence-electron chi connectivity index (χ3n) is 2.12. The van der Waals surface area contributed by atoms with Crippen LogP contribution in [0.4, 0.5) is 5.82 Å². The van der Waals surface area contributed by atoms with Gasteiger partial charge >= 0.3 is 0 Å². The first-order valence-electron chi connectivity index (χ1n) is 5.02. The average molecular weight is 262 g/mol. The Morgan fingerprint density at radius 1 is 1.59 bits per heavy atom. The number of aromatic nitrogens is 2. The molecule has 7 nitrogen and oxygen atoms in total. The van der Waals surface area contributed by atoms with Gasteiger partial charge in [-0.2, -0.15) is 9.40 Å². The molecule has 0 aliphatic carbocycles. The van der Waals surface area contributed by atoms with Gasteiger partial charge in [0.2, 0.25) is 10.0 Å². The standard InChI is InChI=1S/C9H18N4O3S/c1-9(2,14)6-13(4)17(15,16)7-5-12(3)11-8(7)10/h5,14H,6H2,1-4H3,(H2,10,11). The van der Waals surface area contributed by atoms with Gasteiger partial charge < -0.3 is 10.8 Å². The second-order valence-corrected chi connectivity index (χ2v) is 6.64. The molecule has 0 aliphatic heterocycles. The Kier molecular flexibility index (Phi) is 3.51. The van der Waals surface area contributed by atoms with Crippen LogP contribution in [0.15, 0.2) is 11.1 Å². The molecule has 0 radical (unpaired) electrons. The van der Waals surface area contributed by atoms with E-state index < -0.39 is 15.6 Å². The van der Waals surface area contributed by atoms with Crippen molar-refractivity contribution in [1.29, 1.82) is 0 Å². The van der Waals surface area contributed by atoms with Gasteiger partial charge in [-0.1, -0.05) is 0 Å². The summed E-state index contributed by atoms with van der Waals surface area (Å²) >= 11 is 0.